The van der Waals surface area contributed by atoms with Gasteiger partial charge in [-0.05, 0) is 35.9 Å². The van der Waals surface area contributed by atoms with Crippen LogP contribution < -0.4 is 10.1 Å². The molecule has 0 bridgehead atoms. The molecule has 0 saturated carbocycles. The maximum absolute atomic E-state index is 6.17. The summed E-state index contributed by atoms with van der Waals surface area (Å²) in [7, 11) is 0. The van der Waals surface area contributed by atoms with Gasteiger partial charge in [-0.3, -0.25) is 4.57 Å². The van der Waals surface area contributed by atoms with E-state index >= 15 is 0 Å². The molecule has 1 aliphatic rings. The molecular formula is C19H16Cl2N4O. The molecule has 5 nitrogen and oxygen atoms in total. The van der Waals surface area contributed by atoms with Gasteiger partial charge < -0.3 is 10.1 Å². The number of nitrogens with zero attached hydrogens (tertiary/aromatic N) is 3. The van der Waals surface area contributed by atoms with Gasteiger partial charge in [-0.1, -0.05) is 41.4 Å². The van der Waals surface area contributed by atoms with Gasteiger partial charge in [0.1, 0.15) is 18.7 Å². The molecule has 3 aromatic rings. The third kappa shape index (κ3) is 3.60. The molecule has 2 heterocycles. The van der Waals surface area contributed by atoms with Gasteiger partial charge in [-0.15, -0.1) is 10.2 Å². The van der Waals surface area contributed by atoms with Gasteiger partial charge in [0.25, 0.3) is 0 Å². The van der Waals surface area contributed by atoms with Crippen LogP contribution in [0.4, 0.5) is 0 Å². The SMILES string of the molecule is Clc1cc(Cl)c2c(c1)C=C(CNCc1nncn1-c1ccccc1)CO2. The topological polar surface area (TPSA) is 52.0 Å². The minimum atomic E-state index is 0.493. The van der Waals surface area contributed by atoms with Crippen molar-refractivity contribution in [2.45, 2.75) is 6.54 Å². The summed E-state index contributed by atoms with van der Waals surface area (Å²) in [6.45, 7) is 1.76. The van der Waals surface area contributed by atoms with E-state index in [4.69, 9.17) is 27.9 Å². The Morgan fingerprint density at radius 3 is 2.81 bits per heavy atom. The Balaban J connectivity index is 1.43. The Hall–Kier alpha value is -2.34. The van der Waals surface area contributed by atoms with Gasteiger partial charge in [0.2, 0.25) is 0 Å². The Labute approximate surface area is 161 Å². The molecule has 2 aromatic carbocycles. The summed E-state index contributed by atoms with van der Waals surface area (Å²) in [6, 6.07) is 13.6. The second kappa shape index (κ2) is 7.50. The fourth-order valence-electron chi connectivity index (χ4n) is 2.89. The highest BCUT2D eigenvalue weighted by Crippen LogP contribution is 2.36. The molecule has 4 rings (SSSR count). The van der Waals surface area contributed by atoms with Crippen LogP contribution >= 0.6 is 23.2 Å². The number of benzene rings is 2. The minimum absolute atomic E-state index is 0.493. The molecule has 0 radical (unpaired) electrons. The lowest BCUT2D eigenvalue weighted by molar-refractivity contribution is 0.343. The number of ether oxygens (including phenoxy) is 1. The van der Waals surface area contributed by atoms with Crippen molar-refractivity contribution < 1.29 is 4.74 Å². The lowest BCUT2D eigenvalue weighted by Crippen LogP contribution is -2.23. The van der Waals surface area contributed by atoms with Gasteiger partial charge >= 0.3 is 0 Å². The molecule has 1 aliphatic heterocycles. The molecular weight excluding hydrogens is 371 g/mol. The highest BCUT2D eigenvalue weighted by Gasteiger charge is 2.16. The predicted octanol–water partition coefficient (Wildman–Crippen LogP) is 4.14. The summed E-state index contributed by atoms with van der Waals surface area (Å²) in [5, 5.41) is 12.7. The molecule has 0 spiro atoms. The lowest BCUT2D eigenvalue weighted by atomic mass is 10.1. The molecule has 0 fully saturated rings. The zero-order valence-electron chi connectivity index (χ0n) is 13.8. The van der Waals surface area contributed by atoms with E-state index in [0.29, 0.717) is 35.5 Å². The number of para-hydroxylation sites is 1. The van der Waals surface area contributed by atoms with Gasteiger partial charge in [0.05, 0.1) is 11.6 Å². The van der Waals surface area contributed by atoms with Crippen LogP contribution in [0.15, 0.2) is 54.4 Å². The Kier molecular flexibility index (Phi) is 4.93. The number of rotatable bonds is 5. The summed E-state index contributed by atoms with van der Waals surface area (Å²) in [4.78, 5) is 0. The van der Waals surface area contributed by atoms with E-state index in [9.17, 15) is 0 Å². The average molecular weight is 387 g/mol. The predicted molar refractivity (Wildman–Crippen MR) is 103 cm³/mol. The van der Waals surface area contributed by atoms with Crippen molar-refractivity contribution in [3.8, 4) is 11.4 Å². The van der Waals surface area contributed by atoms with Crippen LogP contribution in [0.5, 0.6) is 5.75 Å². The van der Waals surface area contributed by atoms with Crippen LogP contribution in [0.1, 0.15) is 11.4 Å². The zero-order valence-corrected chi connectivity index (χ0v) is 15.3. The van der Waals surface area contributed by atoms with E-state index in [1.807, 2.05) is 41.0 Å². The number of hydrogen-bond acceptors (Lipinski definition) is 4. The number of hydrogen-bond donors (Lipinski definition) is 1. The van der Waals surface area contributed by atoms with Crippen LogP contribution in [0.3, 0.4) is 0 Å². The van der Waals surface area contributed by atoms with Crippen molar-refractivity contribution in [3.05, 3.63) is 75.8 Å². The smallest absolute Gasteiger partial charge is 0.151 e. The summed E-state index contributed by atoms with van der Waals surface area (Å²) >= 11 is 12.2. The molecule has 0 aliphatic carbocycles. The Bertz CT molecular complexity index is 953. The second-order valence-corrected chi connectivity index (χ2v) is 6.80. The lowest BCUT2D eigenvalue weighted by Gasteiger charge is -2.19. The summed E-state index contributed by atoms with van der Waals surface area (Å²) in [6.07, 6.45) is 3.78. The molecule has 26 heavy (non-hydrogen) atoms. The molecule has 1 N–H and O–H groups in total. The van der Waals surface area contributed by atoms with Gasteiger partial charge in [-0.25, -0.2) is 0 Å². The highest BCUT2D eigenvalue weighted by atomic mass is 35.5. The van der Waals surface area contributed by atoms with Gasteiger partial charge in [-0.2, -0.15) is 0 Å². The summed E-state index contributed by atoms with van der Waals surface area (Å²) < 4.78 is 7.74. The zero-order chi connectivity index (χ0) is 17.9. The van der Waals surface area contributed by atoms with Gasteiger partial charge in [0.15, 0.2) is 5.82 Å². The fraction of sp³-hybridized carbons (Fsp3) is 0.158. The quantitative estimate of drug-likeness (QED) is 0.715. The standard InChI is InChI=1S/C19H16Cl2N4O/c20-15-7-14-6-13(11-26-19(14)17(21)8-15)9-22-10-18-24-23-12-25(18)16-4-2-1-3-5-16/h1-8,12,22H,9-11H2. The molecule has 132 valence electrons. The summed E-state index contributed by atoms with van der Waals surface area (Å²) in [5.74, 6) is 1.53. The number of aromatic nitrogens is 3. The molecule has 1 aromatic heterocycles. The molecule has 7 heteroatoms. The summed E-state index contributed by atoms with van der Waals surface area (Å²) in [5.41, 5.74) is 3.05. The fourth-order valence-corrected chi connectivity index (χ4v) is 3.45. The first kappa shape index (κ1) is 17.1. The third-order valence-electron chi connectivity index (χ3n) is 4.09. The average Bonchev–Trinajstić information content (AvgIpc) is 3.10. The van der Waals surface area contributed by atoms with Crippen LogP contribution in [-0.2, 0) is 6.54 Å². The molecule has 0 saturated heterocycles. The van der Waals surface area contributed by atoms with E-state index in [-0.39, 0.29) is 0 Å². The van der Waals surface area contributed by atoms with Gasteiger partial charge in [0, 0.05) is 22.8 Å². The van der Waals surface area contributed by atoms with E-state index in [1.54, 1.807) is 12.4 Å². The van der Waals surface area contributed by atoms with Crippen LogP contribution in [-0.4, -0.2) is 27.9 Å². The van der Waals surface area contributed by atoms with E-state index in [2.05, 4.69) is 21.6 Å². The first-order valence-corrected chi connectivity index (χ1v) is 8.92. The minimum Gasteiger partial charge on any atom is -0.487 e. The normalized spacial score (nSPS) is 13.1. The van der Waals surface area contributed by atoms with Crippen LogP contribution in [0, 0.1) is 0 Å². The Morgan fingerprint density at radius 2 is 1.96 bits per heavy atom. The van der Waals surface area contributed by atoms with Crippen molar-refractivity contribution in [3.63, 3.8) is 0 Å². The maximum atomic E-state index is 6.17. The number of fused-ring (bicyclic) bond motifs is 1. The van der Waals surface area contributed by atoms with Crippen molar-refractivity contribution >= 4 is 29.3 Å². The molecule has 0 atom stereocenters. The highest BCUT2D eigenvalue weighted by molar-refractivity contribution is 6.36. The number of nitrogens with one attached hydrogen (secondary N) is 1. The maximum Gasteiger partial charge on any atom is 0.151 e. The number of halogens is 2. The van der Waals surface area contributed by atoms with Crippen molar-refractivity contribution in [1.29, 1.82) is 0 Å². The van der Waals surface area contributed by atoms with Crippen molar-refractivity contribution in [1.82, 2.24) is 20.1 Å². The van der Waals surface area contributed by atoms with Crippen molar-refractivity contribution in [2.75, 3.05) is 13.2 Å². The molecule has 0 amide bonds. The van der Waals surface area contributed by atoms with E-state index in [0.717, 1.165) is 22.6 Å². The monoisotopic (exact) mass is 386 g/mol. The third-order valence-corrected chi connectivity index (χ3v) is 4.59. The van der Waals surface area contributed by atoms with Crippen molar-refractivity contribution in [2.24, 2.45) is 0 Å². The first-order valence-electron chi connectivity index (χ1n) is 8.17. The van der Waals surface area contributed by atoms with Crippen LogP contribution in [0.2, 0.25) is 10.0 Å². The van der Waals surface area contributed by atoms with E-state index in [1.165, 1.54) is 0 Å². The van der Waals surface area contributed by atoms with Crippen LogP contribution in [0.25, 0.3) is 11.8 Å². The largest absolute Gasteiger partial charge is 0.487 e. The second-order valence-electron chi connectivity index (χ2n) is 5.95. The Morgan fingerprint density at radius 1 is 1.12 bits per heavy atom. The van der Waals surface area contributed by atoms with E-state index < -0.39 is 0 Å². The first-order chi connectivity index (χ1) is 12.7. The molecule has 0 unspecified atom stereocenters.